The minimum atomic E-state index is -0.569. The second-order valence-corrected chi connectivity index (χ2v) is 6.73. The normalized spacial score (nSPS) is 21.2. The molecule has 9 heteroatoms. The molecule has 0 aliphatic carbocycles. The van der Waals surface area contributed by atoms with Crippen LogP contribution in [0.4, 0.5) is 0 Å². The predicted molar refractivity (Wildman–Crippen MR) is 101 cm³/mol. The quantitative estimate of drug-likeness (QED) is 0.605. The number of fused-ring (bicyclic) bond motifs is 1. The van der Waals surface area contributed by atoms with Crippen LogP contribution in [-0.4, -0.2) is 50.3 Å². The van der Waals surface area contributed by atoms with Gasteiger partial charge < -0.3 is 14.2 Å². The van der Waals surface area contributed by atoms with Crippen LogP contribution in [0.2, 0.25) is 0 Å². The first-order valence-electron chi connectivity index (χ1n) is 9.22. The van der Waals surface area contributed by atoms with Crippen LogP contribution in [0.1, 0.15) is 26.5 Å². The van der Waals surface area contributed by atoms with Crippen LogP contribution in [0.5, 0.6) is 0 Å². The number of rotatable bonds is 5. The van der Waals surface area contributed by atoms with Gasteiger partial charge in [0.15, 0.2) is 5.65 Å². The molecule has 0 bridgehead atoms. The van der Waals surface area contributed by atoms with Crippen molar-refractivity contribution < 1.29 is 23.8 Å². The maximum atomic E-state index is 11.5. The van der Waals surface area contributed by atoms with E-state index >= 15 is 0 Å². The summed E-state index contributed by atoms with van der Waals surface area (Å²) in [6, 6.07) is 9.72. The van der Waals surface area contributed by atoms with Gasteiger partial charge >= 0.3 is 11.9 Å². The predicted octanol–water partition coefficient (Wildman–Crippen LogP) is 2.28. The van der Waals surface area contributed by atoms with E-state index in [2.05, 4.69) is 15.0 Å². The highest BCUT2D eigenvalue weighted by Crippen LogP contribution is 2.34. The summed E-state index contributed by atoms with van der Waals surface area (Å²) in [6.07, 6.45) is 1.93. The maximum Gasteiger partial charge on any atom is 0.303 e. The van der Waals surface area contributed by atoms with Crippen LogP contribution < -0.4 is 0 Å². The third kappa shape index (κ3) is 3.95. The number of esters is 2. The van der Waals surface area contributed by atoms with Gasteiger partial charge in [-0.05, 0) is 0 Å². The van der Waals surface area contributed by atoms with Crippen LogP contribution in [0.15, 0.2) is 43.0 Å². The highest BCUT2D eigenvalue weighted by molar-refractivity contribution is 5.87. The molecule has 2 aromatic heterocycles. The van der Waals surface area contributed by atoms with Gasteiger partial charge in [0.05, 0.1) is 6.33 Å². The first kappa shape index (κ1) is 19.0. The fourth-order valence-electron chi connectivity index (χ4n) is 3.43. The van der Waals surface area contributed by atoms with Crippen molar-refractivity contribution in [2.45, 2.75) is 38.7 Å². The largest absolute Gasteiger partial charge is 0.463 e. The Morgan fingerprint density at radius 2 is 1.93 bits per heavy atom. The van der Waals surface area contributed by atoms with E-state index in [9.17, 15) is 9.59 Å². The summed E-state index contributed by atoms with van der Waals surface area (Å²) in [6.45, 7) is 2.65. The Morgan fingerprint density at radius 3 is 2.66 bits per heavy atom. The number of hydrogen-bond donors (Lipinski definition) is 0. The Morgan fingerprint density at radius 1 is 1.14 bits per heavy atom. The van der Waals surface area contributed by atoms with E-state index in [1.165, 1.54) is 20.2 Å². The van der Waals surface area contributed by atoms with E-state index < -0.39 is 30.4 Å². The van der Waals surface area contributed by atoms with Crippen molar-refractivity contribution in [1.82, 2.24) is 19.5 Å². The minimum Gasteiger partial charge on any atom is -0.463 e. The Labute approximate surface area is 166 Å². The summed E-state index contributed by atoms with van der Waals surface area (Å²) < 4.78 is 18.2. The van der Waals surface area contributed by atoms with Crippen LogP contribution in [0.3, 0.4) is 0 Å². The van der Waals surface area contributed by atoms with Crippen LogP contribution in [-0.2, 0) is 23.8 Å². The van der Waals surface area contributed by atoms with Gasteiger partial charge in [0.25, 0.3) is 0 Å². The summed E-state index contributed by atoms with van der Waals surface area (Å²) in [5, 5.41) is 0. The van der Waals surface area contributed by atoms with Crippen LogP contribution in [0.25, 0.3) is 22.4 Å². The Bertz CT molecular complexity index is 1040. The molecule has 9 nitrogen and oxygen atoms in total. The third-order valence-corrected chi connectivity index (χ3v) is 4.66. The molecule has 0 spiro atoms. The molecule has 3 aromatic rings. The molecular formula is C20H20N4O5. The molecule has 0 unspecified atom stereocenters. The summed E-state index contributed by atoms with van der Waals surface area (Å²) in [5.74, 6) is -0.844. The van der Waals surface area contributed by atoms with Crippen molar-refractivity contribution in [3.8, 4) is 11.3 Å². The van der Waals surface area contributed by atoms with Crippen molar-refractivity contribution in [1.29, 1.82) is 0 Å². The lowest BCUT2D eigenvalue weighted by Gasteiger charge is -2.17. The molecule has 3 atom stereocenters. The second-order valence-electron chi connectivity index (χ2n) is 6.73. The molecule has 0 radical (unpaired) electrons. The lowest BCUT2D eigenvalue weighted by atomic mass is 10.1. The number of carbonyl (C=O) groups excluding carboxylic acids is 2. The van der Waals surface area contributed by atoms with Gasteiger partial charge in [-0.15, -0.1) is 0 Å². The average molecular weight is 396 g/mol. The highest BCUT2D eigenvalue weighted by Gasteiger charge is 2.40. The third-order valence-electron chi connectivity index (χ3n) is 4.66. The van der Waals surface area contributed by atoms with Crippen LogP contribution >= 0.6 is 0 Å². The molecule has 150 valence electrons. The van der Waals surface area contributed by atoms with Gasteiger partial charge in [-0.1, -0.05) is 30.3 Å². The van der Waals surface area contributed by atoms with E-state index in [0.29, 0.717) is 17.6 Å². The number of imidazole rings is 1. The number of benzene rings is 1. The maximum absolute atomic E-state index is 11.5. The Kier molecular flexibility index (Phi) is 5.22. The first-order chi connectivity index (χ1) is 14.0. The fraction of sp³-hybridized carbons (Fsp3) is 0.350. The van der Waals surface area contributed by atoms with Crippen molar-refractivity contribution >= 4 is 23.1 Å². The van der Waals surface area contributed by atoms with E-state index in [-0.39, 0.29) is 6.61 Å². The molecule has 0 N–H and O–H groups in total. The number of ether oxygens (including phenoxy) is 3. The van der Waals surface area contributed by atoms with Crippen molar-refractivity contribution in [2.24, 2.45) is 0 Å². The minimum absolute atomic E-state index is 0.000654. The van der Waals surface area contributed by atoms with Crippen molar-refractivity contribution in [3.63, 3.8) is 0 Å². The number of nitrogens with zero attached hydrogens (tertiary/aromatic N) is 4. The zero-order chi connectivity index (χ0) is 20.4. The molecule has 1 fully saturated rings. The van der Waals surface area contributed by atoms with E-state index in [0.717, 1.165) is 11.3 Å². The Balaban J connectivity index is 1.64. The smallest absolute Gasteiger partial charge is 0.303 e. The van der Waals surface area contributed by atoms with E-state index in [1.807, 2.05) is 30.3 Å². The standard InChI is InChI=1S/C20H20N4O5/c1-12(25)27-9-16-15(28-13(2)26)8-17(29-16)24-11-23-19-18(21-10-22-20(19)24)14-6-4-3-5-7-14/h3-7,10-11,15-17H,8-9H2,1-2H3/t15-,16+,17+/m0/s1. The number of aromatic nitrogens is 4. The summed E-state index contributed by atoms with van der Waals surface area (Å²) in [5.41, 5.74) is 2.91. The topological polar surface area (TPSA) is 105 Å². The summed E-state index contributed by atoms with van der Waals surface area (Å²) in [4.78, 5) is 35.9. The van der Waals surface area contributed by atoms with E-state index in [4.69, 9.17) is 14.2 Å². The zero-order valence-electron chi connectivity index (χ0n) is 16.0. The van der Waals surface area contributed by atoms with Gasteiger partial charge in [0.1, 0.15) is 42.6 Å². The van der Waals surface area contributed by atoms with Crippen molar-refractivity contribution in [2.75, 3.05) is 6.61 Å². The highest BCUT2D eigenvalue weighted by atomic mass is 16.6. The summed E-state index contributed by atoms with van der Waals surface area (Å²) in [7, 11) is 0. The number of hydrogen-bond acceptors (Lipinski definition) is 8. The molecule has 29 heavy (non-hydrogen) atoms. The molecule has 1 aliphatic rings. The molecule has 1 aliphatic heterocycles. The second kappa shape index (κ2) is 7.96. The van der Waals surface area contributed by atoms with Gasteiger partial charge in [-0.25, -0.2) is 15.0 Å². The number of carbonyl (C=O) groups is 2. The monoisotopic (exact) mass is 396 g/mol. The molecular weight excluding hydrogens is 376 g/mol. The Hall–Kier alpha value is -3.33. The van der Waals surface area contributed by atoms with Crippen LogP contribution in [0, 0.1) is 0 Å². The average Bonchev–Trinajstić information content (AvgIpc) is 3.30. The lowest BCUT2D eigenvalue weighted by Crippen LogP contribution is -2.31. The van der Waals surface area contributed by atoms with Gasteiger partial charge in [0, 0.05) is 25.8 Å². The summed E-state index contributed by atoms with van der Waals surface area (Å²) >= 11 is 0. The fourth-order valence-corrected chi connectivity index (χ4v) is 3.43. The lowest BCUT2D eigenvalue weighted by molar-refractivity contribution is -0.155. The molecule has 4 rings (SSSR count). The van der Waals surface area contributed by atoms with Crippen molar-refractivity contribution in [3.05, 3.63) is 43.0 Å². The van der Waals surface area contributed by atoms with Gasteiger partial charge in [0.2, 0.25) is 0 Å². The molecule has 3 heterocycles. The van der Waals surface area contributed by atoms with Gasteiger partial charge in [-0.3, -0.25) is 14.2 Å². The molecule has 1 saturated heterocycles. The molecule has 1 aromatic carbocycles. The van der Waals surface area contributed by atoms with E-state index in [1.54, 1.807) is 10.9 Å². The van der Waals surface area contributed by atoms with Gasteiger partial charge in [-0.2, -0.15) is 0 Å². The molecule has 0 saturated carbocycles. The molecule has 0 amide bonds. The SMILES string of the molecule is CC(=O)OC[C@H]1O[C@@H](n2cnc3c(-c4ccccc4)ncnc32)C[C@@H]1OC(C)=O. The first-order valence-corrected chi connectivity index (χ1v) is 9.22. The zero-order valence-corrected chi connectivity index (χ0v) is 16.0.